The molecule has 0 amide bonds. The minimum atomic E-state index is -3.29. The normalized spacial score (nSPS) is 18.2. The molecule has 0 radical (unpaired) electrons. The minimum absolute atomic E-state index is 0.494. The lowest BCUT2D eigenvalue weighted by Gasteiger charge is -2.28. The maximum atomic E-state index is 11.5. The van der Waals surface area contributed by atoms with Crippen LogP contribution in [0.15, 0.2) is 30.5 Å². The highest BCUT2D eigenvalue weighted by atomic mass is 32.2. The van der Waals surface area contributed by atoms with Gasteiger partial charge in [-0.2, -0.15) is 0 Å². The first kappa shape index (κ1) is 14.4. The zero-order valence-corrected chi connectivity index (χ0v) is 13.2. The van der Waals surface area contributed by atoms with Gasteiger partial charge in [-0.1, -0.05) is 18.2 Å². The molecule has 0 aliphatic carbocycles. The predicted molar refractivity (Wildman–Crippen MR) is 85.6 cm³/mol. The third-order valence-corrected chi connectivity index (χ3v) is 4.69. The summed E-state index contributed by atoms with van der Waals surface area (Å²) in [6.07, 6.45) is 5.35. The Morgan fingerprint density at radius 1 is 1.19 bits per heavy atom. The molecule has 0 atom stereocenters. The maximum absolute atomic E-state index is 11.5. The molecule has 0 unspecified atom stereocenters. The Hall–Kier alpha value is -1.53. The van der Waals surface area contributed by atoms with Crippen molar-refractivity contribution in [2.75, 3.05) is 31.2 Å². The van der Waals surface area contributed by atoms with Gasteiger partial charge in [-0.05, 0) is 50.5 Å². The van der Waals surface area contributed by atoms with Crippen LogP contribution in [0.5, 0.6) is 0 Å². The zero-order valence-electron chi connectivity index (χ0n) is 12.4. The molecule has 0 spiro atoms. The largest absolute Gasteiger partial charge is 0.306 e. The van der Waals surface area contributed by atoms with Crippen molar-refractivity contribution < 1.29 is 8.42 Å². The molecule has 21 heavy (non-hydrogen) atoms. The van der Waals surface area contributed by atoms with Crippen LogP contribution < -0.4 is 4.83 Å². The van der Waals surface area contributed by atoms with Crippen LogP contribution in [0.3, 0.4) is 0 Å². The highest BCUT2D eigenvalue weighted by Crippen LogP contribution is 2.33. The number of fused-ring (bicyclic) bond motifs is 1. The Balaban J connectivity index is 2.03. The van der Waals surface area contributed by atoms with E-state index in [0.717, 1.165) is 36.8 Å². The van der Waals surface area contributed by atoms with Gasteiger partial charge in [0.25, 0.3) is 0 Å². The Kier molecular flexibility index (Phi) is 3.67. The standard InChI is InChI=1S/C15H21N3O2S/c1-17-9-7-12(8-10-17)14-11-18(16-21(2,19)20)15-6-4-3-5-13(14)15/h3-6,11-12,16H,7-10H2,1-2H3. The second-order valence-corrected chi connectivity index (χ2v) is 7.64. The highest BCUT2D eigenvalue weighted by molar-refractivity contribution is 7.91. The van der Waals surface area contributed by atoms with E-state index in [0.29, 0.717) is 5.92 Å². The van der Waals surface area contributed by atoms with Crippen LogP contribution >= 0.6 is 0 Å². The molecule has 6 heteroatoms. The molecule has 1 aromatic carbocycles. The molecule has 1 aromatic heterocycles. The lowest BCUT2D eigenvalue weighted by atomic mass is 9.89. The van der Waals surface area contributed by atoms with E-state index in [-0.39, 0.29) is 0 Å². The molecule has 1 saturated heterocycles. The van der Waals surface area contributed by atoms with Gasteiger partial charge in [-0.25, -0.2) is 13.2 Å². The summed E-state index contributed by atoms with van der Waals surface area (Å²) in [5.74, 6) is 0.494. The summed E-state index contributed by atoms with van der Waals surface area (Å²) in [6.45, 7) is 2.17. The SMILES string of the molecule is CN1CCC(c2cn(NS(C)(=O)=O)c3ccccc23)CC1. The molecular formula is C15H21N3O2S. The van der Waals surface area contributed by atoms with Gasteiger partial charge in [0.2, 0.25) is 10.0 Å². The number of aromatic nitrogens is 1. The summed E-state index contributed by atoms with van der Waals surface area (Å²) < 4.78 is 24.7. The van der Waals surface area contributed by atoms with E-state index >= 15 is 0 Å². The molecule has 2 aromatic rings. The zero-order chi connectivity index (χ0) is 15.0. The van der Waals surface area contributed by atoms with Crippen LogP contribution in [0.2, 0.25) is 0 Å². The Morgan fingerprint density at radius 2 is 1.86 bits per heavy atom. The van der Waals surface area contributed by atoms with Crippen molar-refractivity contribution >= 4 is 20.9 Å². The smallest absolute Gasteiger partial charge is 0.243 e. The number of nitrogens with one attached hydrogen (secondary N) is 1. The van der Waals surface area contributed by atoms with Gasteiger partial charge in [0.15, 0.2) is 0 Å². The summed E-state index contributed by atoms with van der Waals surface area (Å²) in [4.78, 5) is 4.91. The van der Waals surface area contributed by atoms with E-state index in [1.54, 1.807) is 4.68 Å². The number of rotatable bonds is 3. The Bertz CT molecular complexity index is 743. The Labute approximate surface area is 125 Å². The first-order chi connectivity index (χ1) is 9.94. The number of hydrogen-bond acceptors (Lipinski definition) is 3. The van der Waals surface area contributed by atoms with Gasteiger partial charge < -0.3 is 4.90 Å². The van der Waals surface area contributed by atoms with Crippen molar-refractivity contribution in [1.29, 1.82) is 0 Å². The van der Waals surface area contributed by atoms with Crippen LogP contribution in [-0.4, -0.2) is 44.4 Å². The topological polar surface area (TPSA) is 54.3 Å². The van der Waals surface area contributed by atoms with Crippen molar-refractivity contribution in [3.8, 4) is 0 Å². The molecule has 0 saturated carbocycles. The van der Waals surface area contributed by atoms with Crippen molar-refractivity contribution in [1.82, 2.24) is 9.58 Å². The van der Waals surface area contributed by atoms with Crippen molar-refractivity contribution in [2.24, 2.45) is 0 Å². The second kappa shape index (κ2) is 5.35. The second-order valence-electron chi connectivity index (χ2n) is 5.91. The molecule has 1 fully saturated rings. The lowest BCUT2D eigenvalue weighted by Crippen LogP contribution is -2.29. The fraction of sp³-hybridized carbons (Fsp3) is 0.467. The fourth-order valence-electron chi connectivity index (χ4n) is 3.11. The number of piperidine rings is 1. The van der Waals surface area contributed by atoms with E-state index in [2.05, 4.69) is 22.8 Å². The highest BCUT2D eigenvalue weighted by Gasteiger charge is 2.22. The van der Waals surface area contributed by atoms with Crippen LogP contribution in [0.1, 0.15) is 24.3 Å². The van der Waals surface area contributed by atoms with Gasteiger partial charge in [0.1, 0.15) is 0 Å². The van der Waals surface area contributed by atoms with E-state index < -0.39 is 10.0 Å². The summed E-state index contributed by atoms with van der Waals surface area (Å²) in [5.41, 5.74) is 2.16. The number of nitrogens with zero attached hydrogens (tertiary/aromatic N) is 2. The van der Waals surface area contributed by atoms with E-state index in [1.807, 2.05) is 24.4 Å². The summed E-state index contributed by atoms with van der Waals surface area (Å²) in [6, 6.07) is 7.96. The van der Waals surface area contributed by atoms with Gasteiger partial charge in [-0.3, -0.25) is 4.68 Å². The first-order valence-electron chi connectivity index (χ1n) is 7.20. The lowest BCUT2D eigenvalue weighted by molar-refractivity contribution is 0.256. The first-order valence-corrected chi connectivity index (χ1v) is 9.09. The average molecular weight is 307 g/mol. The van der Waals surface area contributed by atoms with Gasteiger partial charge in [-0.15, -0.1) is 0 Å². The Morgan fingerprint density at radius 3 is 2.52 bits per heavy atom. The molecule has 1 N–H and O–H groups in total. The molecule has 114 valence electrons. The van der Waals surface area contributed by atoms with Gasteiger partial charge >= 0.3 is 0 Å². The van der Waals surface area contributed by atoms with E-state index in [1.165, 1.54) is 11.8 Å². The maximum Gasteiger partial charge on any atom is 0.243 e. The minimum Gasteiger partial charge on any atom is -0.306 e. The number of para-hydroxylation sites is 1. The van der Waals surface area contributed by atoms with Crippen LogP contribution in [0.25, 0.3) is 10.9 Å². The van der Waals surface area contributed by atoms with Crippen molar-refractivity contribution in [3.63, 3.8) is 0 Å². The third kappa shape index (κ3) is 3.06. The number of hydrogen-bond donors (Lipinski definition) is 1. The molecule has 3 rings (SSSR count). The van der Waals surface area contributed by atoms with E-state index in [9.17, 15) is 8.42 Å². The number of likely N-dealkylation sites (tertiary alicyclic amines) is 1. The predicted octanol–water partition coefficient (Wildman–Crippen LogP) is 1.95. The van der Waals surface area contributed by atoms with Crippen molar-refractivity contribution in [3.05, 3.63) is 36.0 Å². The van der Waals surface area contributed by atoms with E-state index in [4.69, 9.17) is 0 Å². The van der Waals surface area contributed by atoms with Crippen LogP contribution in [0, 0.1) is 0 Å². The molecule has 2 heterocycles. The average Bonchev–Trinajstić information content (AvgIpc) is 2.77. The van der Waals surface area contributed by atoms with Crippen LogP contribution in [0.4, 0.5) is 0 Å². The van der Waals surface area contributed by atoms with Crippen molar-refractivity contribution in [2.45, 2.75) is 18.8 Å². The molecule has 1 aliphatic heterocycles. The fourth-order valence-corrected chi connectivity index (χ4v) is 3.61. The molecular weight excluding hydrogens is 286 g/mol. The molecule has 1 aliphatic rings. The summed E-state index contributed by atoms with van der Waals surface area (Å²) in [5, 5.41) is 1.14. The van der Waals surface area contributed by atoms with Crippen LogP contribution in [-0.2, 0) is 10.0 Å². The summed E-state index contributed by atoms with van der Waals surface area (Å²) >= 11 is 0. The third-order valence-electron chi connectivity index (χ3n) is 4.17. The monoisotopic (exact) mass is 307 g/mol. The molecule has 5 nitrogen and oxygen atoms in total. The van der Waals surface area contributed by atoms with Gasteiger partial charge in [0, 0.05) is 11.6 Å². The molecule has 0 bridgehead atoms. The quantitative estimate of drug-likeness (QED) is 0.943. The number of sulfonamides is 1. The van der Waals surface area contributed by atoms with Gasteiger partial charge in [0.05, 0.1) is 11.8 Å². The number of benzene rings is 1. The summed E-state index contributed by atoms with van der Waals surface area (Å²) in [7, 11) is -1.15.